The van der Waals surface area contributed by atoms with Gasteiger partial charge in [-0.25, -0.2) is 9.59 Å². The van der Waals surface area contributed by atoms with Crippen molar-refractivity contribution in [2.24, 2.45) is 11.3 Å². The van der Waals surface area contributed by atoms with Crippen LogP contribution in [0, 0.1) is 11.3 Å². The van der Waals surface area contributed by atoms with Gasteiger partial charge in [-0.3, -0.25) is 9.59 Å². The van der Waals surface area contributed by atoms with Crippen molar-refractivity contribution in [3.63, 3.8) is 0 Å². The van der Waals surface area contributed by atoms with Gasteiger partial charge in [-0.2, -0.15) is 17.0 Å². The van der Waals surface area contributed by atoms with E-state index >= 15 is 0 Å². The molecule has 0 aromatic carbocycles. The highest BCUT2D eigenvalue weighted by atomic mass is 32.2. The van der Waals surface area contributed by atoms with Gasteiger partial charge in [0.1, 0.15) is 11.6 Å². The van der Waals surface area contributed by atoms with Gasteiger partial charge in [0.05, 0.1) is 6.54 Å². The Bertz CT molecular complexity index is 1110. The number of hydrogen-bond acceptors (Lipinski definition) is 6. The van der Waals surface area contributed by atoms with E-state index in [-0.39, 0.29) is 19.0 Å². The lowest BCUT2D eigenvalue weighted by Gasteiger charge is -2.34. The Labute approximate surface area is 250 Å². The topological polar surface area (TPSA) is 168 Å². The first kappa shape index (κ1) is 34.0. The molecule has 3 unspecified atom stereocenters. The number of carboxylic acid groups (broad SMARTS) is 1. The summed E-state index contributed by atoms with van der Waals surface area (Å²) in [5.74, 6) is -2.05. The van der Waals surface area contributed by atoms with Crippen molar-refractivity contribution >= 4 is 34.0 Å². The zero-order valence-corrected chi connectivity index (χ0v) is 26.6. The van der Waals surface area contributed by atoms with E-state index in [1.54, 1.807) is 0 Å². The van der Waals surface area contributed by atoms with Crippen molar-refractivity contribution in [3.8, 4) is 0 Å². The normalized spacial score (nSPS) is 26.5. The second kappa shape index (κ2) is 13.9. The number of urea groups is 1. The Morgan fingerprint density at radius 2 is 1.74 bits per heavy atom. The number of carbonyl (C=O) groups excluding carboxylic acids is 3. The van der Waals surface area contributed by atoms with Gasteiger partial charge in [-0.1, -0.05) is 59.8 Å². The van der Waals surface area contributed by atoms with Crippen molar-refractivity contribution < 1.29 is 32.7 Å². The molecule has 4 amide bonds. The second-order valence-electron chi connectivity index (χ2n) is 13.0. The average Bonchev–Trinajstić information content (AvgIpc) is 3.25. The van der Waals surface area contributed by atoms with Crippen LogP contribution >= 0.6 is 0 Å². The maximum atomic E-state index is 13.2. The average molecular weight is 615 g/mol. The van der Waals surface area contributed by atoms with Crippen molar-refractivity contribution in [2.45, 2.75) is 103 Å². The monoisotopic (exact) mass is 614 g/mol. The van der Waals surface area contributed by atoms with Gasteiger partial charge in [0.25, 0.3) is 10.2 Å². The van der Waals surface area contributed by atoms with Crippen molar-refractivity contribution in [3.05, 3.63) is 0 Å². The highest BCUT2D eigenvalue weighted by Gasteiger charge is 2.61. The molecule has 0 spiro atoms. The Balaban J connectivity index is 1.52. The van der Waals surface area contributed by atoms with Crippen LogP contribution in [0.15, 0.2) is 0 Å². The van der Waals surface area contributed by atoms with Crippen LogP contribution in [0.3, 0.4) is 0 Å². The number of carboxylic acids is 1. The van der Waals surface area contributed by atoms with E-state index < -0.39 is 57.1 Å². The molecule has 240 valence electrons. The van der Waals surface area contributed by atoms with Gasteiger partial charge >= 0.3 is 12.0 Å². The molecule has 0 radical (unpaired) electrons. The highest BCUT2D eigenvalue weighted by Crippen LogP contribution is 2.47. The SMILES string of the molecule is CCCCCCCC1C[C@]1(NC(=O)C1CCCN1C(=O)CNC(=O)NC(CN1CCN(C)S1(=O)=O)C(C)(C)C)C(=O)O. The Morgan fingerprint density at radius 3 is 2.33 bits per heavy atom. The predicted molar refractivity (Wildman–Crippen MR) is 158 cm³/mol. The van der Waals surface area contributed by atoms with Crippen molar-refractivity contribution in [1.29, 1.82) is 0 Å². The molecule has 3 fully saturated rings. The molecule has 3 rings (SSSR count). The van der Waals surface area contributed by atoms with Gasteiger partial charge in [-0.05, 0) is 37.0 Å². The summed E-state index contributed by atoms with van der Waals surface area (Å²) in [6.07, 6.45) is 7.56. The lowest BCUT2D eigenvalue weighted by Crippen LogP contribution is -2.56. The third-order valence-electron chi connectivity index (χ3n) is 8.89. The van der Waals surface area contributed by atoms with Crippen LogP contribution in [0.25, 0.3) is 0 Å². The summed E-state index contributed by atoms with van der Waals surface area (Å²) in [6.45, 7) is 8.61. The second-order valence-corrected chi connectivity index (χ2v) is 15.1. The fourth-order valence-corrected chi connectivity index (χ4v) is 7.21. The summed E-state index contributed by atoms with van der Waals surface area (Å²) in [6, 6.07) is -1.92. The van der Waals surface area contributed by atoms with E-state index in [2.05, 4.69) is 22.9 Å². The number of nitrogens with zero attached hydrogens (tertiary/aromatic N) is 3. The summed E-state index contributed by atoms with van der Waals surface area (Å²) < 4.78 is 27.7. The molecule has 4 atom stereocenters. The smallest absolute Gasteiger partial charge is 0.329 e. The standard InChI is InChI=1S/C28H50N6O7S/c1-6-7-8-9-10-12-20-17-28(20,25(37)38)31-24(36)21-13-11-14-34(21)23(35)18-29-26(39)30-22(27(2,3)4)19-33-16-15-32(5)42(33,40)41/h20-22H,6-19H2,1-5H3,(H,31,36)(H,37,38)(H2,29,30,39)/t20?,21?,22?,28-/m1/s1. The fraction of sp³-hybridized carbons (Fsp3) is 0.857. The molecule has 0 aromatic heterocycles. The minimum absolute atomic E-state index is 0.0942. The first-order valence-corrected chi connectivity index (χ1v) is 16.6. The molecule has 2 aliphatic heterocycles. The summed E-state index contributed by atoms with van der Waals surface area (Å²) in [5.41, 5.74) is -1.73. The summed E-state index contributed by atoms with van der Waals surface area (Å²) in [5, 5.41) is 18.0. The molecule has 13 nitrogen and oxygen atoms in total. The molecule has 2 heterocycles. The van der Waals surface area contributed by atoms with E-state index in [1.165, 1.54) is 20.6 Å². The number of hydrogen-bond donors (Lipinski definition) is 4. The van der Waals surface area contributed by atoms with Gasteiger partial charge < -0.3 is 26.0 Å². The van der Waals surface area contributed by atoms with Crippen LogP contribution < -0.4 is 16.0 Å². The summed E-state index contributed by atoms with van der Waals surface area (Å²) in [4.78, 5) is 52.5. The first-order chi connectivity index (χ1) is 19.6. The van der Waals surface area contributed by atoms with Crippen LogP contribution in [0.2, 0.25) is 0 Å². The highest BCUT2D eigenvalue weighted by molar-refractivity contribution is 7.87. The molecule has 4 N–H and O–H groups in total. The Morgan fingerprint density at radius 1 is 1.05 bits per heavy atom. The maximum Gasteiger partial charge on any atom is 0.329 e. The summed E-state index contributed by atoms with van der Waals surface area (Å²) in [7, 11) is -2.06. The number of carbonyl (C=O) groups is 4. The molecule has 1 saturated carbocycles. The van der Waals surface area contributed by atoms with Crippen LogP contribution in [-0.4, -0.2) is 108 Å². The largest absolute Gasteiger partial charge is 0.479 e. The summed E-state index contributed by atoms with van der Waals surface area (Å²) >= 11 is 0. The molecule has 0 aromatic rings. The molecule has 42 heavy (non-hydrogen) atoms. The Kier molecular flexibility index (Phi) is 11.3. The number of likely N-dealkylation sites (tertiary alicyclic amines) is 1. The lowest BCUT2D eigenvalue weighted by atomic mass is 9.86. The predicted octanol–water partition coefficient (Wildman–Crippen LogP) is 1.50. The van der Waals surface area contributed by atoms with Crippen LogP contribution in [0.5, 0.6) is 0 Å². The Hall–Kier alpha value is -2.45. The fourth-order valence-electron chi connectivity index (χ4n) is 5.85. The van der Waals surface area contributed by atoms with E-state index in [4.69, 9.17) is 0 Å². The zero-order chi connectivity index (χ0) is 31.3. The van der Waals surface area contributed by atoms with Gasteiger partial charge in [0, 0.05) is 39.3 Å². The molecule has 14 heteroatoms. The van der Waals surface area contributed by atoms with Crippen LogP contribution in [0.1, 0.15) is 85.5 Å². The third kappa shape index (κ3) is 8.13. The minimum atomic E-state index is -3.57. The molecule has 1 aliphatic carbocycles. The molecule has 3 aliphatic rings. The molecular weight excluding hydrogens is 564 g/mol. The maximum absolute atomic E-state index is 13.2. The van der Waals surface area contributed by atoms with Crippen LogP contribution in [0.4, 0.5) is 4.79 Å². The van der Waals surface area contributed by atoms with Gasteiger partial charge in [-0.15, -0.1) is 0 Å². The molecule has 0 bridgehead atoms. The quantitative estimate of drug-likeness (QED) is 0.215. The van der Waals surface area contributed by atoms with E-state index in [9.17, 15) is 32.7 Å². The van der Waals surface area contributed by atoms with Gasteiger partial charge in [0.2, 0.25) is 11.8 Å². The van der Waals surface area contributed by atoms with E-state index in [0.717, 1.165) is 38.5 Å². The van der Waals surface area contributed by atoms with Crippen molar-refractivity contribution in [2.75, 3.05) is 39.8 Å². The van der Waals surface area contributed by atoms with Crippen molar-refractivity contribution in [1.82, 2.24) is 29.5 Å². The van der Waals surface area contributed by atoms with Gasteiger partial charge in [0.15, 0.2) is 0 Å². The minimum Gasteiger partial charge on any atom is -0.479 e. The number of nitrogens with one attached hydrogen (secondary N) is 3. The molecule has 2 saturated heterocycles. The number of aliphatic carboxylic acids is 1. The van der Waals surface area contributed by atoms with E-state index in [1.807, 2.05) is 20.8 Å². The first-order valence-electron chi connectivity index (χ1n) is 15.2. The lowest BCUT2D eigenvalue weighted by molar-refractivity contribution is -0.145. The van der Waals surface area contributed by atoms with Crippen LogP contribution in [-0.2, 0) is 24.6 Å². The number of unbranched alkanes of at least 4 members (excludes halogenated alkanes) is 4. The zero-order valence-electron chi connectivity index (χ0n) is 25.8. The third-order valence-corrected chi connectivity index (χ3v) is 10.8. The molecular formula is C28H50N6O7S. The number of likely N-dealkylation sites (N-methyl/N-ethyl adjacent to an activating group) is 1. The number of rotatable bonds is 14. The number of amides is 4. The van der Waals surface area contributed by atoms with E-state index in [0.29, 0.717) is 38.9 Å².